The van der Waals surface area contributed by atoms with Crippen LogP contribution >= 0.6 is 0 Å². The maximum Gasteiger partial charge on any atom is 0.261 e. The fourth-order valence-corrected chi connectivity index (χ4v) is 5.71. The highest BCUT2D eigenvalue weighted by Gasteiger charge is 2.29. The van der Waals surface area contributed by atoms with Crippen LogP contribution in [-0.2, 0) is 7.05 Å². The largest absolute Gasteiger partial charge is 0.455 e. The number of piperidine rings is 1. The Kier molecular flexibility index (Phi) is 6.34. The lowest BCUT2D eigenvalue weighted by Gasteiger charge is -2.34. The van der Waals surface area contributed by atoms with Gasteiger partial charge in [0.1, 0.15) is 34.0 Å². The van der Waals surface area contributed by atoms with Crippen molar-refractivity contribution in [2.75, 3.05) is 23.3 Å². The monoisotopic (exact) mass is 553 g/mol. The minimum Gasteiger partial charge on any atom is -0.455 e. The summed E-state index contributed by atoms with van der Waals surface area (Å²) in [4.78, 5) is 20.5. The van der Waals surface area contributed by atoms with E-state index in [4.69, 9.17) is 4.74 Å². The molecule has 0 spiro atoms. The first-order chi connectivity index (χ1) is 19.9. The second kappa shape index (κ2) is 10.2. The standard InChI is InChI=1S/C31H32FN7O2/c1-19-16-39-18-25(27(15-28(39)33-19)41-22-6-4-3-5-7-22)35-31(40)29-24(32)14-26(23-17-37(2)36-30(23)29)38-12-10-21(11-13-38)34-20-8-9-20/h3-7,14-18,20-21,34H,8-13H2,1-2H3,(H,35,40). The number of carbonyl (C=O) groups excluding carboxylic acids is 1. The van der Waals surface area contributed by atoms with Crippen LogP contribution in [0.3, 0.4) is 0 Å². The molecule has 2 aromatic carbocycles. The number of fused-ring (bicyclic) bond motifs is 2. The molecule has 1 aliphatic carbocycles. The van der Waals surface area contributed by atoms with E-state index in [9.17, 15) is 4.79 Å². The molecule has 1 amide bonds. The zero-order valence-corrected chi connectivity index (χ0v) is 23.1. The van der Waals surface area contributed by atoms with Crippen LogP contribution < -0.4 is 20.3 Å². The summed E-state index contributed by atoms with van der Waals surface area (Å²) in [5.74, 6) is -0.194. The lowest BCUT2D eigenvalue weighted by atomic mass is 10.0. The van der Waals surface area contributed by atoms with Crippen LogP contribution in [0.1, 0.15) is 41.7 Å². The van der Waals surface area contributed by atoms with Gasteiger partial charge in [-0.3, -0.25) is 9.48 Å². The molecule has 2 N–H and O–H groups in total. The number of nitrogens with zero attached hydrogens (tertiary/aromatic N) is 5. The van der Waals surface area contributed by atoms with Crippen molar-refractivity contribution in [3.05, 3.63) is 78.1 Å². The molecule has 0 atom stereocenters. The predicted octanol–water partition coefficient (Wildman–Crippen LogP) is 5.43. The lowest BCUT2D eigenvalue weighted by Crippen LogP contribution is -2.43. The van der Waals surface area contributed by atoms with E-state index in [1.807, 2.05) is 49.6 Å². The molecule has 0 unspecified atom stereocenters. The van der Waals surface area contributed by atoms with Crippen LogP contribution in [0.5, 0.6) is 11.5 Å². The molecule has 9 nitrogen and oxygen atoms in total. The highest BCUT2D eigenvalue weighted by molar-refractivity contribution is 6.14. The van der Waals surface area contributed by atoms with Gasteiger partial charge in [-0.2, -0.15) is 5.10 Å². The SMILES string of the molecule is Cc1cn2cc(NC(=O)c3c(F)cc(N4CCC(NC5CC5)CC4)c4cn(C)nc34)c(Oc3ccccc3)cc2n1. The Morgan fingerprint density at radius 2 is 1.78 bits per heavy atom. The number of hydrogen-bond acceptors (Lipinski definition) is 6. The molecule has 10 heteroatoms. The number of hydrogen-bond donors (Lipinski definition) is 2. The van der Waals surface area contributed by atoms with Crippen LogP contribution in [0, 0.1) is 12.7 Å². The number of aromatic nitrogens is 4. The van der Waals surface area contributed by atoms with E-state index < -0.39 is 11.7 Å². The van der Waals surface area contributed by atoms with Crippen molar-refractivity contribution in [3.8, 4) is 11.5 Å². The van der Waals surface area contributed by atoms with E-state index >= 15 is 4.39 Å². The van der Waals surface area contributed by atoms with Gasteiger partial charge in [0.15, 0.2) is 5.75 Å². The van der Waals surface area contributed by atoms with E-state index in [-0.39, 0.29) is 5.56 Å². The summed E-state index contributed by atoms with van der Waals surface area (Å²) in [5, 5.41) is 11.9. The van der Waals surface area contributed by atoms with Gasteiger partial charge in [0.05, 0.1) is 11.4 Å². The van der Waals surface area contributed by atoms with Crippen molar-refractivity contribution < 1.29 is 13.9 Å². The Hall–Kier alpha value is -4.44. The van der Waals surface area contributed by atoms with E-state index in [0.717, 1.165) is 42.7 Å². The number of pyridine rings is 1. The average Bonchev–Trinajstić information content (AvgIpc) is 3.57. The Morgan fingerprint density at radius 1 is 1.02 bits per heavy atom. The Balaban J connectivity index is 1.21. The molecule has 2 aliphatic rings. The summed E-state index contributed by atoms with van der Waals surface area (Å²) in [6.45, 7) is 3.54. The molecule has 0 radical (unpaired) electrons. The van der Waals surface area contributed by atoms with Gasteiger partial charge in [-0.25, -0.2) is 9.37 Å². The number of benzene rings is 2. The summed E-state index contributed by atoms with van der Waals surface area (Å²) in [7, 11) is 1.79. The van der Waals surface area contributed by atoms with Crippen molar-refractivity contribution in [1.82, 2.24) is 24.5 Å². The number of ether oxygens (including phenoxy) is 1. The van der Waals surface area contributed by atoms with E-state index in [2.05, 4.69) is 25.6 Å². The fourth-order valence-electron chi connectivity index (χ4n) is 5.71. The minimum atomic E-state index is -0.605. The summed E-state index contributed by atoms with van der Waals surface area (Å²) in [6.07, 6.45) is 9.98. The van der Waals surface area contributed by atoms with Crippen molar-refractivity contribution in [1.29, 1.82) is 0 Å². The molecule has 7 rings (SSSR count). The Bertz CT molecular complexity index is 1750. The van der Waals surface area contributed by atoms with Gasteiger partial charge in [-0.15, -0.1) is 0 Å². The summed E-state index contributed by atoms with van der Waals surface area (Å²) >= 11 is 0. The summed E-state index contributed by atoms with van der Waals surface area (Å²) in [5.41, 5.74) is 2.90. The van der Waals surface area contributed by atoms with Crippen molar-refractivity contribution in [3.63, 3.8) is 0 Å². The van der Waals surface area contributed by atoms with Crippen LogP contribution in [0.2, 0.25) is 0 Å². The van der Waals surface area contributed by atoms with Crippen molar-refractivity contribution in [2.45, 2.75) is 44.7 Å². The zero-order valence-electron chi connectivity index (χ0n) is 23.1. The first kappa shape index (κ1) is 25.5. The number of carbonyl (C=O) groups is 1. The Morgan fingerprint density at radius 3 is 2.54 bits per heavy atom. The average molecular weight is 554 g/mol. The number of aryl methyl sites for hydroxylation is 2. The molecule has 1 aliphatic heterocycles. The maximum atomic E-state index is 15.9. The van der Waals surface area contributed by atoms with E-state index in [1.165, 1.54) is 18.9 Å². The highest BCUT2D eigenvalue weighted by Crippen LogP contribution is 2.35. The second-order valence-electron chi connectivity index (χ2n) is 11.1. The molecule has 4 heterocycles. The third-order valence-electron chi connectivity index (χ3n) is 7.85. The molecular weight excluding hydrogens is 521 g/mol. The van der Waals surface area contributed by atoms with Gasteiger partial charge in [-0.1, -0.05) is 18.2 Å². The number of nitrogens with one attached hydrogen (secondary N) is 2. The van der Waals surface area contributed by atoms with Gasteiger partial charge in [-0.05, 0) is 50.8 Å². The smallest absolute Gasteiger partial charge is 0.261 e. The van der Waals surface area contributed by atoms with Gasteiger partial charge >= 0.3 is 0 Å². The molecule has 1 saturated heterocycles. The number of rotatable bonds is 7. The minimum absolute atomic E-state index is 0.0952. The molecule has 2 fully saturated rings. The molecule has 3 aromatic heterocycles. The quantitative estimate of drug-likeness (QED) is 0.279. The Labute approximate surface area is 236 Å². The third-order valence-corrected chi connectivity index (χ3v) is 7.85. The maximum absolute atomic E-state index is 15.9. The number of halogens is 1. The highest BCUT2D eigenvalue weighted by atomic mass is 19.1. The van der Waals surface area contributed by atoms with E-state index in [0.29, 0.717) is 40.4 Å². The van der Waals surface area contributed by atoms with E-state index in [1.54, 1.807) is 28.4 Å². The molecule has 5 aromatic rings. The van der Waals surface area contributed by atoms with Crippen molar-refractivity contribution in [2.24, 2.45) is 7.05 Å². The third kappa shape index (κ3) is 5.11. The summed E-state index contributed by atoms with van der Waals surface area (Å²) in [6, 6.07) is 13.7. The van der Waals surface area contributed by atoms with Crippen LogP contribution in [0.4, 0.5) is 15.8 Å². The van der Waals surface area contributed by atoms with Crippen LogP contribution in [0.25, 0.3) is 16.6 Å². The number of amides is 1. The number of anilines is 2. The van der Waals surface area contributed by atoms with Gasteiger partial charge in [0, 0.05) is 62.3 Å². The number of para-hydroxylation sites is 1. The normalized spacial score (nSPS) is 16.0. The first-order valence-electron chi connectivity index (χ1n) is 14.1. The lowest BCUT2D eigenvalue weighted by molar-refractivity contribution is 0.102. The molecule has 1 saturated carbocycles. The molecule has 41 heavy (non-hydrogen) atoms. The number of imidazole rings is 1. The van der Waals surface area contributed by atoms with Crippen LogP contribution in [-0.4, -0.2) is 50.2 Å². The van der Waals surface area contributed by atoms with Gasteiger partial charge in [0.25, 0.3) is 5.91 Å². The van der Waals surface area contributed by atoms with Crippen LogP contribution in [0.15, 0.2) is 61.1 Å². The van der Waals surface area contributed by atoms with Gasteiger partial charge < -0.3 is 24.7 Å². The first-order valence-corrected chi connectivity index (χ1v) is 14.1. The van der Waals surface area contributed by atoms with Crippen molar-refractivity contribution >= 4 is 33.8 Å². The van der Waals surface area contributed by atoms with Gasteiger partial charge in [0.2, 0.25) is 0 Å². The second-order valence-corrected chi connectivity index (χ2v) is 11.1. The zero-order chi connectivity index (χ0) is 28.1. The molecule has 210 valence electrons. The fraction of sp³-hybridized carbons (Fsp3) is 0.323. The summed E-state index contributed by atoms with van der Waals surface area (Å²) < 4.78 is 25.4. The molecule has 0 bridgehead atoms. The molecular formula is C31H32FN7O2. The predicted molar refractivity (Wildman–Crippen MR) is 156 cm³/mol. The topological polar surface area (TPSA) is 88.7 Å².